The summed E-state index contributed by atoms with van der Waals surface area (Å²) in [5.74, 6) is 1.54. The second kappa shape index (κ2) is 6.60. The van der Waals surface area contributed by atoms with E-state index in [1.165, 1.54) is 0 Å². The maximum absolute atomic E-state index is 6.25. The summed E-state index contributed by atoms with van der Waals surface area (Å²) in [5, 5.41) is 3.93. The van der Waals surface area contributed by atoms with Gasteiger partial charge in [0.25, 0.3) is 0 Å². The minimum atomic E-state index is 0.636. The van der Waals surface area contributed by atoms with Gasteiger partial charge in [-0.2, -0.15) is 0 Å². The molecule has 0 fully saturated rings. The highest BCUT2D eigenvalue weighted by atomic mass is 35.5. The van der Waals surface area contributed by atoms with E-state index in [1.54, 1.807) is 0 Å². The van der Waals surface area contributed by atoms with E-state index in [0.29, 0.717) is 5.02 Å². The van der Waals surface area contributed by atoms with Gasteiger partial charge in [0.2, 0.25) is 0 Å². The summed E-state index contributed by atoms with van der Waals surface area (Å²) < 4.78 is 5.95. The molecule has 3 heteroatoms. The molecule has 0 saturated heterocycles. The van der Waals surface area contributed by atoms with Crippen molar-refractivity contribution in [2.45, 2.75) is 20.4 Å². The van der Waals surface area contributed by atoms with Crippen LogP contribution in [-0.2, 0) is 6.54 Å². The SMILES string of the molecule is CCNCc1cccc(Cl)c1Oc1cccc(C)c1. The number of halogens is 1. The van der Waals surface area contributed by atoms with E-state index in [4.69, 9.17) is 16.3 Å². The fourth-order valence-corrected chi connectivity index (χ4v) is 2.10. The lowest BCUT2D eigenvalue weighted by molar-refractivity contribution is 0.473. The molecule has 0 unspecified atom stereocenters. The number of hydrogen-bond donors (Lipinski definition) is 1. The molecule has 0 bridgehead atoms. The zero-order valence-electron chi connectivity index (χ0n) is 11.2. The summed E-state index contributed by atoms with van der Waals surface area (Å²) in [4.78, 5) is 0. The summed E-state index contributed by atoms with van der Waals surface area (Å²) >= 11 is 6.25. The van der Waals surface area contributed by atoms with Crippen LogP contribution in [0.3, 0.4) is 0 Å². The topological polar surface area (TPSA) is 21.3 Å². The van der Waals surface area contributed by atoms with Gasteiger partial charge >= 0.3 is 0 Å². The standard InChI is InChI=1S/C16H18ClNO/c1-3-18-11-13-7-5-9-15(17)16(13)19-14-8-4-6-12(2)10-14/h4-10,18H,3,11H2,1-2H3. The van der Waals surface area contributed by atoms with Crippen LogP contribution in [0, 0.1) is 6.92 Å². The van der Waals surface area contributed by atoms with Crippen molar-refractivity contribution in [3.8, 4) is 11.5 Å². The van der Waals surface area contributed by atoms with Crippen LogP contribution in [0.1, 0.15) is 18.1 Å². The van der Waals surface area contributed by atoms with Crippen molar-refractivity contribution < 1.29 is 4.74 Å². The molecule has 0 saturated carbocycles. The molecule has 0 spiro atoms. The average molecular weight is 276 g/mol. The molecule has 2 aromatic rings. The Bertz CT molecular complexity index is 554. The molecule has 0 amide bonds. The van der Waals surface area contributed by atoms with Crippen LogP contribution in [-0.4, -0.2) is 6.54 Å². The maximum Gasteiger partial charge on any atom is 0.150 e. The van der Waals surface area contributed by atoms with Gasteiger partial charge in [-0.25, -0.2) is 0 Å². The Morgan fingerprint density at radius 2 is 1.95 bits per heavy atom. The van der Waals surface area contributed by atoms with Crippen molar-refractivity contribution in [3.63, 3.8) is 0 Å². The summed E-state index contributed by atoms with van der Waals surface area (Å²) in [6, 6.07) is 13.8. The molecular weight excluding hydrogens is 258 g/mol. The van der Waals surface area contributed by atoms with Gasteiger partial charge in [-0.1, -0.05) is 42.8 Å². The molecule has 100 valence electrons. The van der Waals surface area contributed by atoms with Crippen molar-refractivity contribution in [2.24, 2.45) is 0 Å². The first-order valence-corrected chi connectivity index (χ1v) is 6.81. The van der Waals surface area contributed by atoms with Gasteiger partial charge in [0.1, 0.15) is 11.5 Å². The number of rotatable bonds is 5. The first kappa shape index (κ1) is 13.9. The van der Waals surface area contributed by atoms with E-state index in [2.05, 4.69) is 12.2 Å². The lowest BCUT2D eigenvalue weighted by Crippen LogP contribution is -2.12. The molecule has 2 rings (SSSR count). The van der Waals surface area contributed by atoms with Gasteiger partial charge in [0.05, 0.1) is 5.02 Å². The van der Waals surface area contributed by atoms with Crippen LogP contribution >= 0.6 is 11.6 Å². The number of para-hydroxylation sites is 1. The number of hydrogen-bond acceptors (Lipinski definition) is 2. The molecule has 0 aliphatic carbocycles. The monoisotopic (exact) mass is 275 g/mol. The van der Waals surface area contributed by atoms with E-state index in [1.807, 2.05) is 49.4 Å². The molecule has 19 heavy (non-hydrogen) atoms. The minimum absolute atomic E-state index is 0.636. The summed E-state index contributed by atoms with van der Waals surface area (Å²) in [7, 11) is 0. The third-order valence-corrected chi connectivity index (χ3v) is 3.12. The zero-order chi connectivity index (χ0) is 13.7. The van der Waals surface area contributed by atoms with Crippen LogP contribution in [0.4, 0.5) is 0 Å². The van der Waals surface area contributed by atoms with E-state index in [9.17, 15) is 0 Å². The highest BCUT2D eigenvalue weighted by Crippen LogP contribution is 2.33. The molecule has 2 aromatic carbocycles. The number of aryl methyl sites for hydroxylation is 1. The Morgan fingerprint density at radius 3 is 2.68 bits per heavy atom. The van der Waals surface area contributed by atoms with Gasteiger partial charge in [-0.3, -0.25) is 0 Å². The molecule has 0 aliphatic rings. The predicted octanol–water partition coefficient (Wildman–Crippen LogP) is 4.55. The lowest BCUT2D eigenvalue weighted by Gasteiger charge is -2.13. The fraction of sp³-hybridized carbons (Fsp3) is 0.250. The number of ether oxygens (including phenoxy) is 1. The largest absolute Gasteiger partial charge is 0.455 e. The molecule has 0 aromatic heterocycles. The van der Waals surface area contributed by atoms with E-state index >= 15 is 0 Å². The quantitative estimate of drug-likeness (QED) is 0.864. The molecule has 0 radical (unpaired) electrons. The third-order valence-electron chi connectivity index (χ3n) is 2.82. The van der Waals surface area contributed by atoms with Gasteiger partial charge in [-0.05, 0) is 37.2 Å². The normalized spacial score (nSPS) is 10.5. The highest BCUT2D eigenvalue weighted by Gasteiger charge is 2.09. The van der Waals surface area contributed by atoms with Gasteiger partial charge in [-0.15, -0.1) is 0 Å². The van der Waals surface area contributed by atoms with Crippen molar-refractivity contribution >= 4 is 11.6 Å². The van der Waals surface area contributed by atoms with Gasteiger partial charge in [0.15, 0.2) is 0 Å². The first-order chi connectivity index (χ1) is 9.20. The molecule has 0 aliphatic heterocycles. The minimum Gasteiger partial charge on any atom is -0.455 e. The van der Waals surface area contributed by atoms with Crippen LogP contribution in [0.15, 0.2) is 42.5 Å². The molecule has 0 atom stereocenters. The molecular formula is C16H18ClNO. The summed E-state index contributed by atoms with van der Waals surface area (Å²) in [6.45, 7) is 5.78. The van der Waals surface area contributed by atoms with Crippen LogP contribution < -0.4 is 10.1 Å². The Morgan fingerprint density at radius 1 is 1.16 bits per heavy atom. The smallest absolute Gasteiger partial charge is 0.150 e. The fourth-order valence-electron chi connectivity index (χ4n) is 1.86. The maximum atomic E-state index is 6.25. The van der Waals surface area contributed by atoms with E-state index < -0.39 is 0 Å². The van der Waals surface area contributed by atoms with Crippen LogP contribution in [0.2, 0.25) is 5.02 Å². The van der Waals surface area contributed by atoms with Crippen molar-refractivity contribution in [3.05, 3.63) is 58.6 Å². The van der Waals surface area contributed by atoms with Crippen LogP contribution in [0.5, 0.6) is 11.5 Å². The highest BCUT2D eigenvalue weighted by molar-refractivity contribution is 6.32. The van der Waals surface area contributed by atoms with Gasteiger partial charge in [0, 0.05) is 12.1 Å². The molecule has 0 heterocycles. The van der Waals surface area contributed by atoms with Gasteiger partial charge < -0.3 is 10.1 Å². The Hall–Kier alpha value is -1.51. The third kappa shape index (κ3) is 3.72. The molecule has 1 N–H and O–H groups in total. The predicted molar refractivity (Wildman–Crippen MR) is 80.1 cm³/mol. The summed E-state index contributed by atoms with van der Waals surface area (Å²) in [5.41, 5.74) is 2.23. The Balaban J connectivity index is 2.27. The average Bonchev–Trinajstić information content (AvgIpc) is 2.39. The first-order valence-electron chi connectivity index (χ1n) is 6.43. The number of benzene rings is 2. The second-order valence-corrected chi connectivity index (χ2v) is 4.83. The zero-order valence-corrected chi connectivity index (χ0v) is 12.0. The Kier molecular flexibility index (Phi) is 4.83. The van der Waals surface area contributed by atoms with Crippen LogP contribution in [0.25, 0.3) is 0 Å². The molecule has 2 nitrogen and oxygen atoms in total. The summed E-state index contributed by atoms with van der Waals surface area (Å²) in [6.07, 6.45) is 0. The van der Waals surface area contributed by atoms with Crippen molar-refractivity contribution in [1.29, 1.82) is 0 Å². The van der Waals surface area contributed by atoms with E-state index in [0.717, 1.165) is 35.7 Å². The van der Waals surface area contributed by atoms with Crippen molar-refractivity contribution in [2.75, 3.05) is 6.54 Å². The lowest BCUT2D eigenvalue weighted by atomic mass is 10.2. The van der Waals surface area contributed by atoms with Crippen molar-refractivity contribution in [1.82, 2.24) is 5.32 Å². The number of nitrogens with one attached hydrogen (secondary N) is 1. The van der Waals surface area contributed by atoms with E-state index in [-0.39, 0.29) is 0 Å². The Labute approximate surface area is 119 Å². The second-order valence-electron chi connectivity index (χ2n) is 4.43.